The number of ether oxygens (including phenoxy) is 4. The maximum absolute atomic E-state index is 13.7. The minimum Gasteiger partial charge on any atom is -0.464 e. The van der Waals surface area contributed by atoms with Gasteiger partial charge in [0.15, 0.2) is 0 Å². The molecule has 11 heteroatoms. The molecule has 1 atom stereocenters. The van der Waals surface area contributed by atoms with Gasteiger partial charge in [-0.25, -0.2) is 4.79 Å². The number of allylic oxidation sites excluding steroid dienone is 2. The van der Waals surface area contributed by atoms with Crippen molar-refractivity contribution >= 4 is 23.6 Å². The van der Waals surface area contributed by atoms with Crippen LogP contribution in [-0.4, -0.2) is 55.0 Å². The number of nitro benzene ring substituents is 1. The smallest absolute Gasteiger partial charge is 0.340 e. The number of nitrogens with zero attached hydrogens (tertiary/aromatic N) is 2. The Bertz CT molecular complexity index is 1190. The third kappa shape index (κ3) is 7.23. The van der Waals surface area contributed by atoms with Crippen molar-refractivity contribution < 1.29 is 38.3 Å². The molecule has 1 heterocycles. The summed E-state index contributed by atoms with van der Waals surface area (Å²) in [6, 6.07) is 5.78. The summed E-state index contributed by atoms with van der Waals surface area (Å²) in [4.78, 5) is 51.6. The standard InChI is InChI=1S/C28H38N2O9/c1-18-14-28(15-37-24(32)26(3,4)5,20-11-10-12-21(13-20)30(34)35)22(19(2)29(18)16-36-9)23(31)38-17-39-25(33)27(6,7)8/h10-14H,15-17H2,1-9H3. The number of non-ortho nitro benzene ring substituents is 1. The molecule has 0 aromatic heterocycles. The SMILES string of the molecule is COCN1C(C)=CC(COC(=O)C(C)(C)C)(c2cccc([N+](=O)[O-])c2)C(C(=O)OCOC(=O)C(C)(C)C)=C1C. The summed E-state index contributed by atoms with van der Waals surface area (Å²) < 4.78 is 21.6. The highest BCUT2D eigenvalue weighted by Gasteiger charge is 2.47. The topological polar surface area (TPSA) is 135 Å². The Hall–Kier alpha value is -3.73. The van der Waals surface area contributed by atoms with Gasteiger partial charge in [-0.05, 0) is 67.0 Å². The first kappa shape index (κ1) is 31.5. The molecule has 0 bridgehead atoms. The van der Waals surface area contributed by atoms with Crippen molar-refractivity contribution in [2.45, 2.75) is 60.8 Å². The lowest BCUT2D eigenvalue weighted by Gasteiger charge is -2.41. The summed E-state index contributed by atoms with van der Waals surface area (Å²) >= 11 is 0. The molecule has 1 aromatic carbocycles. The Kier molecular flexibility index (Phi) is 9.67. The van der Waals surface area contributed by atoms with E-state index < -0.39 is 45.9 Å². The summed E-state index contributed by atoms with van der Waals surface area (Å²) in [7, 11) is 1.50. The van der Waals surface area contributed by atoms with E-state index in [1.54, 1.807) is 72.4 Å². The van der Waals surface area contributed by atoms with E-state index in [1.165, 1.54) is 25.3 Å². The molecule has 0 spiro atoms. The molecule has 0 radical (unpaired) electrons. The van der Waals surface area contributed by atoms with Gasteiger partial charge in [0.25, 0.3) is 5.69 Å². The lowest BCUT2D eigenvalue weighted by Crippen LogP contribution is -2.45. The van der Waals surface area contributed by atoms with Gasteiger partial charge in [0.05, 0.1) is 26.7 Å². The first-order valence-electron chi connectivity index (χ1n) is 12.4. The van der Waals surface area contributed by atoms with Crippen LogP contribution in [0.25, 0.3) is 0 Å². The minimum absolute atomic E-state index is 0.0548. The zero-order chi connectivity index (χ0) is 29.8. The van der Waals surface area contributed by atoms with Gasteiger partial charge in [0.1, 0.15) is 13.3 Å². The summed E-state index contributed by atoms with van der Waals surface area (Å²) in [5.41, 5.74) is -1.85. The molecule has 39 heavy (non-hydrogen) atoms. The van der Waals surface area contributed by atoms with Crippen molar-refractivity contribution in [3.8, 4) is 0 Å². The zero-order valence-corrected chi connectivity index (χ0v) is 24.1. The second kappa shape index (κ2) is 12.0. The molecule has 1 aliphatic heterocycles. The van der Waals surface area contributed by atoms with Crippen molar-refractivity contribution in [1.82, 2.24) is 4.90 Å². The Morgan fingerprint density at radius 1 is 0.974 bits per heavy atom. The van der Waals surface area contributed by atoms with Crippen molar-refractivity contribution in [1.29, 1.82) is 0 Å². The van der Waals surface area contributed by atoms with Crippen LogP contribution in [0.15, 0.2) is 47.3 Å². The quantitative estimate of drug-likeness (QED) is 0.187. The lowest BCUT2D eigenvalue weighted by atomic mass is 9.71. The average Bonchev–Trinajstić information content (AvgIpc) is 2.83. The highest BCUT2D eigenvalue weighted by atomic mass is 16.7. The normalized spacial score (nSPS) is 17.9. The van der Waals surface area contributed by atoms with Crippen molar-refractivity contribution in [2.75, 3.05) is 27.2 Å². The van der Waals surface area contributed by atoms with Crippen LogP contribution in [0, 0.1) is 20.9 Å². The lowest BCUT2D eigenvalue weighted by molar-refractivity contribution is -0.385. The molecular weight excluding hydrogens is 508 g/mol. The Labute approximate surface area is 228 Å². The van der Waals surface area contributed by atoms with E-state index in [2.05, 4.69) is 0 Å². The molecule has 1 aliphatic rings. The Morgan fingerprint density at radius 2 is 1.56 bits per heavy atom. The van der Waals surface area contributed by atoms with Gasteiger partial charge in [-0.2, -0.15) is 0 Å². The van der Waals surface area contributed by atoms with Gasteiger partial charge >= 0.3 is 17.9 Å². The Morgan fingerprint density at radius 3 is 2.10 bits per heavy atom. The van der Waals surface area contributed by atoms with Gasteiger partial charge < -0.3 is 23.8 Å². The van der Waals surface area contributed by atoms with Crippen LogP contribution < -0.4 is 0 Å². The minimum atomic E-state index is -1.46. The molecule has 1 aromatic rings. The zero-order valence-electron chi connectivity index (χ0n) is 24.1. The van der Waals surface area contributed by atoms with Crippen LogP contribution in [0.3, 0.4) is 0 Å². The second-order valence-electron chi connectivity index (χ2n) is 11.4. The molecule has 0 saturated carbocycles. The van der Waals surface area contributed by atoms with Crippen LogP contribution in [0.5, 0.6) is 0 Å². The number of rotatable bonds is 9. The van der Waals surface area contributed by atoms with E-state index in [1.807, 2.05) is 0 Å². The fourth-order valence-corrected chi connectivity index (χ4v) is 4.03. The van der Waals surface area contributed by atoms with E-state index in [-0.39, 0.29) is 24.6 Å². The van der Waals surface area contributed by atoms with Crippen LogP contribution in [0.4, 0.5) is 5.69 Å². The molecule has 214 valence electrons. The first-order valence-corrected chi connectivity index (χ1v) is 12.4. The van der Waals surface area contributed by atoms with Crippen LogP contribution in [-0.2, 0) is 38.7 Å². The fraction of sp³-hybridized carbons (Fsp3) is 0.536. The fourth-order valence-electron chi connectivity index (χ4n) is 4.03. The third-order valence-electron chi connectivity index (χ3n) is 6.16. The number of esters is 3. The van der Waals surface area contributed by atoms with Gasteiger partial charge in [-0.15, -0.1) is 0 Å². The second-order valence-corrected chi connectivity index (χ2v) is 11.4. The van der Waals surface area contributed by atoms with E-state index >= 15 is 0 Å². The third-order valence-corrected chi connectivity index (χ3v) is 6.16. The van der Waals surface area contributed by atoms with Gasteiger partial charge in [0.2, 0.25) is 6.79 Å². The molecule has 0 fully saturated rings. The number of nitro groups is 1. The maximum Gasteiger partial charge on any atom is 0.340 e. The van der Waals surface area contributed by atoms with Crippen molar-refractivity contribution in [3.05, 3.63) is 63.0 Å². The molecule has 0 saturated heterocycles. The van der Waals surface area contributed by atoms with Crippen LogP contribution in [0.2, 0.25) is 0 Å². The van der Waals surface area contributed by atoms with E-state index in [0.717, 1.165) is 0 Å². The number of hydrogen-bond acceptors (Lipinski definition) is 10. The molecule has 2 rings (SSSR count). The predicted molar refractivity (Wildman–Crippen MR) is 142 cm³/mol. The first-order chi connectivity index (χ1) is 18.0. The molecule has 11 nitrogen and oxygen atoms in total. The monoisotopic (exact) mass is 546 g/mol. The number of hydrogen-bond donors (Lipinski definition) is 0. The maximum atomic E-state index is 13.7. The summed E-state index contributed by atoms with van der Waals surface area (Å²) in [5.74, 6) is -1.94. The Balaban J connectivity index is 2.70. The molecular formula is C28H38N2O9. The molecule has 1 unspecified atom stereocenters. The summed E-state index contributed by atoms with van der Waals surface area (Å²) in [5, 5.41) is 11.6. The number of benzene rings is 1. The van der Waals surface area contributed by atoms with Gasteiger partial charge in [0, 0.05) is 30.6 Å². The van der Waals surface area contributed by atoms with Crippen LogP contribution in [0.1, 0.15) is 61.0 Å². The molecule has 0 aliphatic carbocycles. The highest BCUT2D eigenvalue weighted by molar-refractivity contribution is 5.94. The van der Waals surface area contributed by atoms with E-state index in [0.29, 0.717) is 17.0 Å². The predicted octanol–water partition coefficient (Wildman–Crippen LogP) is 4.61. The largest absolute Gasteiger partial charge is 0.464 e. The summed E-state index contributed by atoms with van der Waals surface area (Å²) in [6.45, 7) is 12.6. The summed E-state index contributed by atoms with van der Waals surface area (Å²) in [6.07, 6.45) is 1.70. The average molecular weight is 547 g/mol. The van der Waals surface area contributed by atoms with Crippen LogP contribution >= 0.6 is 0 Å². The number of methoxy groups -OCH3 is 1. The number of carbonyl (C=O) groups excluding carboxylic acids is 3. The van der Waals surface area contributed by atoms with E-state index in [4.69, 9.17) is 18.9 Å². The van der Waals surface area contributed by atoms with E-state index in [9.17, 15) is 24.5 Å². The molecule has 0 N–H and O–H groups in total. The van der Waals surface area contributed by atoms with Gasteiger partial charge in [-0.1, -0.05) is 12.1 Å². The van der Waals surface area contributed by atoms with Gasteiger partial charge in [-0.3, -0.25) is 19.7 Å². The van der Waals surface area contributed by atoms with Crippen molar-refractivity contribution in [3.63, 3.8) is 0 Å². The highest BCUT2D eigenvalue weighted by Crippen LogP contribution is 2.44. The molecule has 0 amide bonds. The number of carbonyl (C=O) groups is 3. The van der Waals surface area contributed by atoms with Crippen molar-refractivity contribution in [2.24, 2.45) is 10.8 Å².